The van der Waals surface area contributed by atoms with Crippen LogP contribution >= 0.6 is 0 Å². The van der Waals surface area contributed by atoms with Crippen molar-refractivity contribution in [2.45, 2.75) is 213 Å². The monoisotopic (exact) mass is 682 g/mol. The summed E-state index contributed by atoms with van der Waals surface area (Å²) in [4.78, 5) is 27.1. The van der Waals surface area contributed by atoms with Crippen LogP contribution in [0.15, 0.2) is 0 Å². The Hall–Kier alpha value is -1.14. The van der Waals surface area contributed by atoms with E-state index in [4.69, 9.17) is 9.47 Å². The van der Waals surface area contributed by atoms with Crippen molar-refractivity contribution >= 4 is 11.9 Å². The van der Waals surface area contributed by atoms with Crippen molar-refractivity contribution in [1.29, 1.82) is 0 Å². The predicted octanol–water partition coefficient (Wildman–Crippen LogP) is 11.7. The molecular weight excluding hydrogens is 598 g/mol. The average molecular weight is 682 g/mol. The summed E-state index contributed by atoms with van der Waals surface area (Å²) in [5.41, 5.74) is 0. The molecule has 0 amide bonds. The molecule has 0 unspecified atom stereocenters. The van der Waals surface area contributed by atoms with Gasteiger partial charge in [0.2, 0.25) is 0 Å². The third-order valence-corrected chi connectivity index (χ3v) is 9.79. The predicted molar refractivity (Wildman–Crippen MR) is 204 cm³/mol. The first-order valence-electron chi connectivity index (χ1n) is 21.2. The number of aliphatic hydroxyl groups is 1. The highest BCUT2D eigenvalue weighted by molar-refractivity contribution is 5.72. The summed E-state index contributed by atoms with van der Waals surface area (Å²) in [5, 5.41) is 9.50. The minimum Gasteiger partial charge on any atom is -0.466 e. The number of carbonyl (C=O) groups is 2. The molecule has 0 aromatic carbocycles. The van der Waals surface area contributed by atoms with E-state index in [0.717, 1.165) is 90.3 Å². The van der Waals surface area contributed by atoms with Crippen molar-refractivity contribution in [1.82, 2.24) is 4.90 Å². The fraction of sp³-hybridized carbons (Fsp3) is 0.952. The van der Waals surface area contributed by atoms with E-state index < -0.39 is 0 Å². The van der Waals surface area contributed by atoms with E-state index in [-0.39, 0.29) is 24.5 Å². The molecule has 0 heterocycles. The molecule has 0 radical (unpaired) electrons. The van der Waals surface area contributed by atoms with Crippen LogP contribution in [0.4, 0.5) is 0 Å². The lowest BCUT2D eigenvalue weighted by molar-refractivity contribution is -0.149. The molecular formula is C42H83NO5. The number of aliphatic hydroxyl groups excluding tert-OH is 1. The molecule has 0 aliphatic heterocycles. The molecule has 0 spiro atoms. The van der Waals surface area contributed by atoms with Crippen LogP contribution in [0.25, 0.3) is 0 Å². The van der Waals surface area contributed by atoms with Crippen LogP contribution in [0.2, 0.25) is 0 Å². The zero-order valence-electron chi connectivity index (χ0n) is 32.6. The Labute approximate surface area is 299 Å². The van der Waals surface area contributed by atoms with Crippen molar-refractivity contribution in [2.24, 2.45) is 5.92 Å². The Morgan fingerprint density at radius 1 is 0.479 bits per heavy atom. The van der Waals surface area contributed by atoms with Gasteiger partial charge in [-0.3, -0.25) is 9.59 Å². The smallest absolute Gasteiger partial charge is 0.308 e. The molecule has 286 valence electrons. The van der Waals surface area contributed by atoms with Gasteiger partial charge in [-0.05, 0) is 58.0 Å². The Morgan fingerprint density at radius 3 is 1.35 bits per heavy atom. The number of hydrogen-bond acceptors (Lipinski definition) is 6. The number of carbonyl (C=O) groups excluding carboxylic acids is 2. The lowest BCUT2D eigenvalue weighted by Gasteiger charge is -2.21. The van der Waals surface area contributed by atoms with Crippen molar-refractivity contribution in [2.75, 3.05) is 39.5 Å². The van der Waals surface area contributed by atoms with E-state index in [1.807, 2.05) is 0 Å². The zero-order chi connectivity index (χ0) is 35.2. The van der Waals surface area contributed by atoms with Gasteiger partial charge in [-0.1, -0.05) is 162 Å². The van der Waals surface area contributed by atoms with Gasteiger partial charge in [0.25, 0.3) is 0 Å². The molecule has 0 aliphatic carbocycles. The van der Waals surface area contributed by atoms with Gasteiger partial charge < -0.3 is 19.5 Å². The number of hydrogen-bond donors (Lipinski definition) is 1. The molecule has 0 atom stereocenters. The molecule has 0 aromatic heterocycles. The molecule has 0 saturated heterocycles. The van der Waals surface area contributed by atoms with E-state index in [2.05, 4.69) is 25.7 Å². The first-order chi connectivity index (χ1) is 23.6. The van der Waals surface area contributed by atoms with Gasteiger partial charge in [0.15, 0.2) is 0 Å². The highest BCUT2D eigenvalue weighted by Gasteiger charge is 2.19. The van der Waals surface area contributed by atoms with Gasteiger partial charge in [-0.15, -0.1) is 0 Å². The molecule has 0 aromatic rings. The second-order valence-corrected chi connectivity index (χ2v) is 14.5. The topological polar surface area (TPSA) is 76.1 Å². The highest BCUT2D eigenvalue weighted by atomic mass is 16.5. The van der Waals surface area contributed by atoms with Crippen LogP contribution in [0.3, 0.4) is 0 Å². The molecule has 6 heteroatoms. The molecule has 0 rings (SSSR count). The van der Waals surface area contributed by atoms with Gasteiger partial charge in [-0.2, -0.15) is 0 Å². The standard InChI is InChI=1S/C42H83NO5/c1-4-7-10-13-16-22-29-38-47-41(45)33-26-19-18-21-28-35-43(36-37-44)34-27-20-15-14-17-23-30-39-48-42(46)40(31-24-11-8-5-2)32-25-12-9-6-3/h40,44H,4-39H2,1-3H3. The van der Waals surface area contributed by atoms with E-state index >= 15 is 0 Å². The summed E-state index contributed by atoms with van der Waals surface area (Å²) >= 11 is 0. The normalized spacial score (nSPS) is 11.5. The van der Waals surface area contributed by atoms with Crippen LogP contribution in [-0.2, 0) is 19.1 Å². The molecule has 0 fully saturated rings. The molecule has 0 aliphatic rings. The SMILES string of the molecule is CCCCCCCCCOC(=O)CCCCCCCN(CCO)CCCCCCCCCOC(=O)C(CCCCCC)CCCCCC. The first-order valence-corrected chi connectivity index (χ1v) is 21.2. The van der Waals surface area contributed by atoms with Crippen molar-refractivity contribution in [3.63, 3.8) is 0 Å². The second kappa shape index (κ2) is 38.7. The van der Waals surface area contributed by atoms with E-state index in [1.165, 1.54) is 116 Å². The summed E-state index contributed by atoms with van der Waals surface area (Å²) in [6.07, 6.45) is 34.8. The summed E-state index contributed by atoms with van der Waals surface area (Å²) in [6, 6.07) is 0. The maximum Gasteiger partial charge on any atom is 0.308 e. The Kier molecular flexibility index (Phi) is 37.7. The van der Waals surface area contributed by atoms with Crippen molar-refractivity contribution < 1.29 is 24.2 Å². The Bertz CT molecular complexity index is 660. The Morgan fingerprint density at radius 2 is 0.875 bits per heavy atom. The number of esters is 2. The summed E-state index contributed by atoms with van der Waals surface area (Å²) < 4.78 is 11.1. The fourth-order valence-electron chi connectivity index (χ4n) is 6.56. The number of ether oxygens (including phenoxy) is 2. The van der Waals surface area contributed by atoms with E-state index in [0.29, 0.717) is 19.6 Å². The van der Waals surface area contributed by atoms with E-state index in [1.54, 1.807) is 0 Å². The van der Waals surface area contributed by atoms with Gasteiger partial charge in [0, 0.05) is 13.0 Å². The van der Waals surface area contributed by atoms with Gasteiger partial charge in [-0.25, -0.2) is 0 Å². The summed E-state index contributed by atoms with van der Waals surface area (Å²) in [7, 11) is 0. The second-order valence-electron chi connectivity index (χ2n) is 14.5. The van der Waals surface area contributed by atoms with Gasteiger partial charge in [0.1, 0.15) is 0 Å². The zero-order valence-corrected chi connectivity index (χ0v) is 32.6. The van der Waals surface area contributed by atoms with Crippen LogP contribution in [-0.4, -0.2) is 61.4 Å². The van der Waals surface area contributed by atoms with Crippen molar-refractivity contribution in [3.05, 3.63) is 0 Å². The average Bonchev–Trinajstić information content (AvgIpc) is 3.08. The van der Waals surface area contributed by atoms with E-state index in [9.17, 15) is 14.7 Å². The van der Waals surface area contributed by atoms with Crippen LogP contribution in [0.5, 0.6) is 0 Å². The quantitative estimate of drug-likeness (QED) is 0.0514. The maximum absolute atomic E-state index is 12.7. The van der Waals surface area contributed by atoms with Crippen molar-refractivity contribution in [3.8, 4) is 0 Å². The largest absolute Gasteiger partial charge is 0.466 e. The third kappa shape index (κ3) is 33.4. The molecule has 6 nitrogen and oxygen atoms in total. The van der Waals surface area contributed by atoms with Gasteiger partial charge in [0.05, 0.1) is 25.7 Å². The number of rotatable bonds is 39. The molecule has 48 heavy (non-hydrogen) atoms. The molecule has 0 bridgehead atoms. The minimum absolute atomic E-state index is 0.0269. The van der Waals surface area contributed by atoms with Crippen LogP contribution in [0.1, 0.15) is 213 Å². The summed E-state index contributed by atoms with van der Waals surface area (Å²) in [5.74, 6) is 0.137. The third-order valence-electron chi connectivity index (χ3n) is 9.79. The van der Waals surface area contributed by atoms with Crippen LogP contribution < -0.4 is 0 Å². The fourth-order valence-corrected chi connectivity index (χ4v) is 6.56. The Balaban J connectivity index is 3.77. The van der Waals surface area contributed by atoms with Gasteiger partial charge >= 0.3 is 11.9 Å². The molecule has 1 N–H and O–H groups in total. The number of unbranched alkanes of at least 4 members (excludes halogenated alkanes) is 22. The summed E-state index contributed by atoms with van der Waals surface area (Å²) in [6.45, 7) is 11.0. The lowest BCUT2D eigenvalue weighted by atomic mass is 9.94. The first kappa shape index (κ1) is 46.9. The minimum atomic E-state index is -0.0269. The highest BCUT2D eigenvalue weighted by Crippen LogP contribution is 2.20. The molecule has 0 saturated carbocycles. The van der Waals surface area contributed by atoms with Crippen LogP contribution in [0, 0.1) is 5.92 Å². The lowest BCUT2D eigenvalue weighted by Crippen LogP contribution is -2.29. The number of nitrogens with zero attached hydrogens (tertiary/aromatic N) is 1. The maximum atomic E-state index is 12.7.